The number of pyridine rings is 1. The van der Waals surface area contributed by atoms with E-state index in [1.54, 1.807) is 11.3 Å². The van der Waals surface area contributed by atoms with Gasteiger partial charge in [-0.2, -0.15) is 5.10 Å². The third kappa shape index (κ3) is 2.32. The molecule has 0 aliphatic heterocycles. The Morgan fingerprint density at radius 3 is 2.86 bits per heavy atom. The molecule has 21 heavy (non-hydrogen) atoms. The van der Waals surface area contributed by atoms with Crippen LogP contribution in [0.3, 0.4) is 0 Å². The minimum absolute atomic E-state index is 0.778. The summed E-state index contributed by atoms with van der Waals surface area (Å²) in [6, 6.07) is 12.2. The van der Waals surface area contributed by atoms with Gasteiger partial charge in [0.2, 0.25) is 0 Å². The Kier molecular flexibility index (Phi) is 2.97. The highest BCUT2D eigenvalue weighted by atomic mass is 32.1. The number of rotatable bonds is 3. The summed E-state index contributed by atoms with van der Waals surface area (Å²) in [6.45, 7) is 0. The number of fused-ring (bicyclic) bond motifs is 1. The highest BCUT2D eigenvalue weighted by molar-refractivity contribution is 7.09. The van der Waals surface area contributed by atoms with E-state index in [1.165, 1.54) is 0 Å². The van der Waals surface area contributed by atoms with E-state index in [-0.39, 0.29) is 0 Å². The Labute approximate surface area is 125 Å². The first-order valence-corrected chi connectivity index (χ1v) is 7.55. The lowest BCUT2D eigenvalue weighted by molar-refractivity contribution is 1.00. The van der Waals surface area contributed by atoms with E-state index in [2.05, 4.69) is 32.3 Å². The summed E-state index contributed by atoms with van der Waals surface area (Å²) in [5, 5.41) is 11.7. The predicted molar refractivity (Wildman–Crippen MR) is 84.2 cm³/mol. The molecule has 4 aromatic rings. The number of hydrogen-bond acceptors (Lipinski definition) is 4. The molecule has 0 aliphatic rings. The summed E-state index contributed by atoms with van der Waals surface area (Å²) in [4.78, 5) is 8.74. The van der Waals surface area contributed by atoms with Crippen LogP contribution in [0.1, 0.15) is 10.7 Å². The van der Waals surface area contributed by atoms with Crippen LogP contribution in [0.25, 0.3) is 22.2 Å². The van der Waals surface area contributed by atoms with Crippen molar-refractivity contribution >= 4 is 22.2 Å². The van der Waals surface area contributed by atoms with Crippen molar-refractivity contribution in [3.63, 3.8) is 0 Å². The fraction of sp³-hybridized carbons (Fsp3) is 0.0625. The van der Waals surface area contributed by atoms with E-state index in [0.717, 1.165) is 39.3 Å². The zero-order valence-electron chi connectivity index (χ0n) is 11.2. The van der Waals surface area contributed by atoms with Crippen LogP contribution in [0.5, 0.6) is 0 Å². The van der Waals surface area contributed by atoms with Gasteiger partial charge in [0.1, 0.15) is 0 Å². The van der Waals surface area contributed by atoms with Crippen LogP contribution >= 0.6 is 11.3 Å². The second kappa shape index (κ2) is 5.10. The topological polar surface area (TPSA) is 54.5 Å². The van der Waals surface area contributed by atoms with E-state index >= 15 is 0 Å². The van der Waals surface area contributed by atoms with E-state index in [1.807, 2.05) is 42.0 Å². The molecule has 0 fully saturated rings. The molecule has 3 aromatic heterocycles. The summed E-state index contributed by atoms with van der Waals surface area (Å²) in [5.41, 5.74) is 4.14. The second-order valence-electron chi connectivity index (χ2n) is 4.75. The SMILES string of the molecule is c1ccc(-c2ccc3n[nH]c(Cc4nccs4)c3c2)nc1. The van der Waals surface area contributed by atoms with Gasteiger partial charge in [0.05, 0.1) is 16.2 Å². The number of aromatic nitrogens is 4. The van der Waals surface area contributed by atoms with Gasteiger partial charge < -0.3 is 0 Å². The van der Waals surface area contributed by atoms with Crippen molar-refractivity contribution in [3.05, 3.63) is 64.9 Å². The highest BCUT2D eigenvalue weighted by Crippen LogP contribution is 2.25. The second-order valence-corrected chi connectivity index (χ2v) is 5.73. The van der Waals surface area contributed by atoms with Crippen LogP contribution in [0.15, 0.2) is 54.2 Å². The number of nitrogens with one attached hydrogen (secondary N) is 1. The van der Waals surface area contributed by atoms with Crippen LogP contribution in [0.4, 0.5) is 0 Å². The van der Waals surface area contributed by atoms with E-state index in [9.17, 15) is 0 Å². The van der Waals surface area contributed by atoms with Crippen LogP contribution in [0.2, 0.25) is 0 Å². The molecule has 0 unspecified atom stereocenters. The molecule has 0 radical (unpaired) electrons. The number of thiazole rings is 1. The van der Waals surface area contributed by atoms with Gasteiger partial charge >= 0.3 is 0 Å². The van der Waals surface area contributed by atoms with Gasteiger partial charge in [0.25, 0.3) is 0 Å². The normalized spacial score (nSPS) is 11.0. The maximum atomic E-state index is 4.40. The molecule has 0 aliphatic carbocycles. The van der Waals surface area contributed by atoms with E-state index < -0.39 is 0 Å². The van der Waals surface area contributed by atoms with Gasteiger partial charge in [-0.1, -0.05) is 12.1 Å². The fourth-order valence-electron chi connectivity index (χ4n) is 2.38. The molecule has 3 heterocycles. The van der Waals surface area contributed by atoms with Crippen molar-refractivity contribution in [1.82, 2.24) is 20.2 Å². The zero-order valence-corrected chi connectivity index (χ0v) is 12.0. The Morgan fingerprint density at radius 2 is 2.05 bits per heavy atom. The van der Waals surface area contributed by atoms with Gasteiger partial charge in [-0.25, -0.2) is 4.98 Å². The maximum absolute atomic E-state index is 4.40. The Morgan fingerprint density at radius 1 is 1.05 bits per heavy atom. The lowest BCUT2D eigenvalue weighted by Crippen LogP contribution is -1.88. The number of H-pyrrole nitrogens is 1. The summed E-state index contributed by atoms with van der Waals surface area (Å²) in [6.07, 6.45) is 4.42. The minimum Gasteiger partial charge on any atom is -0.281 e. The molecular weight excluding hydrogens is 280 g/mol. The average molecular weight is 292 g/mol. The Balaban J connectivity index is 1.79. The number of hydrogen-bond donors (Lipinski definition) is 1. The van der Waals surface area contributed by atoms with Crippen molar-refractivity contribution in [1.29, 1.82) is 0 Å². The third-order valence-electron chi connectivity index (χ3n) is 3.41. The molecular formula is C16H12N4S. The number of nitrogens with zero attached hydrogens (tertiary/aromatic N) is 3. The fourth-order valence-corrected chi connectivity index (χ4v) is 3.01. The van der Waals surface area contributed by atoms with Crippen LogP contribution in [-0.2, 0) is 6.42 Å². The van der Waals surface area contributed by atoms with Crippen molar-refractivity contribution in [2.24, 2.45) is 0 Å². The molecule has 5 heteroatoms. The quantitative estimate of drug-likeness (QED) is 0.627. The number of benzene rings is 1. The average Bonchev–Trinajstić information content (AvgIpc) is 3.19. The first-order valence-electron chi connectivity index (χ1n) is 6.67. The summed E-state index contributed by atoms with van der Waals surface area (Å²) >= 11 is 1.66. The molecule has 0 amide bonds. The lowest BCUT2D eigenvalue weighted by atomic mass is 10.1. The van der Waals surface area contributed by atoms with E-state index in [0.29, 0.717) is 0 Å². The molecule has 0 saturated carbocycles. The maximum Gasteiger partial charge on any atom is 0.0984 e. The van der Waals surface area contributed by atoms with Gasteiger partial charge in [0.15, 0.2) is 0 Å². The highest BCUT2D eigenvalue weighted by Gasteiger charge is 2.09. The summed E-state index contributed by atoms with van der Waals surface area (Å²) in [5.74, 6) is 0. The van der Waals surface area contributed by atoms with Gasteiger partial charge in [-0.15, -0.1) is 11.3 Å². The lowest BCUT2D eigenvalue weighted by Gasteiger charge is -2.01. The molecule has 4 rings (SSSR count). The third-order valence-corrected chi connectivity index (χ3v) is 4.18. The molecule has 1 N–H and O–H groups in total. The van der Waals surface area contributed by atoms with Crippen molar-refractivity contribution in [3.8, 4) is 11.3 Å². The zero-order chi connectivity index (χ0) is 14.1. The molecule has 4 nitrogen and oxygen atoms in total. The molecule has 0 saturated heterocycles. The Bertz CT molecular complexity index is 866. The van der Waals surface area contributed by atoms with E-state index in [4.69, 9.17) is 0 Å². The Hall–Kier alpha value is -2.53. The van der Waals surface area contributed by atoms with Crippen molar-refractivity contribution in [2.75, 3.05) is 0 Å². The standard InChI is InChI=1S/C16H12N4S/c1-2-6-17-13(3-1)11-4-5-14-12(9-11)15(20-19-14)10-16-18-7-8-21-16/h1-9H,10H2,(H,19,20). The molecule has 0 spiro atoms. The van der Waals surface area contributed by atoms with Crippen molar-refractivity contribution < 1.29 is 0 Å². The van der Waals surface area contributed by atoms with Gasteiger partial charge in [0, 0.05) is 40.8 Å². The first-order chi connectivity index (χ1) is 10.4. The summed E-state index contributed by atoms with van der Waals surface area (Å²) in [7, 11) is 0. The molecule has 0 bridgehead atoms. The van der Waals surface area contributed by atoms with Gasteiger partial charge in [-0.3, -0.25) is 10.1 Å². The largest absolute Gasteiger partial charge is 0.281 e. The predicted octanol–water partition coefficient (Wildman–Crippen LogP) is 3.67. The summed E-state index contributed by atoms with van der Waals surface area (Å²) < 4.78 is 0. The van der Waals surface area contributed by atoms with Crippen LogP contribution in [-0.4, -0.2) is 20.2 Å². The molecule has 0 atom stereocenters. The molecule has 1 aromatic carbocycles. The van der Waals surface area contributed by atoms with Crippen LogP contribution in [0, 0.1) is 0 Å². The van der Waals surface area contributed by atoms with Gasteiger partial charge in [-0.05, 0) is 24.3 Å². The monoisotopic (exact) mass is 292 g/mol. The molecule has 102 valence electrons. The minimum atomic E-state index is 0.778. The first kappa shape index (κ1) is 12.2. The number of aromatic amines is 1. The van der Waals surface area contributed by atoms with Crippen molar-refractivity contribution in [2.45, 2.75) is 6.42 Å². The smallest absolute Gasteiger partial charge is 0.0984 e. The van der Waals surface area contributed by atoms with Crippen LogP contribution < -0.4 is 0 Å².